The summed E-state index contributed by atoms with van der Waals surface area (Å²) in [4.78, 5) is 13.9. The summed E-state index contributed by atoms with van der Waals surface area (Å²) in [5.74, 6) is 0.978. The Kier molecular flexibility index (Phi) is 6.67. The Hall–Kier alpha value is -2.71. The van der Waals surface area contributed by atoms with E-state index in [9.17, 15) is 4.79 Å². The fourth-order valence-corrected chi connectivity index (χ4v) is 2.35. The zero-order valence-corrected chi connectivity index (χ0v) is 14.9. The van der Waals surface area contributed by atoms with E-state index < -0.39 is 6.10 Å². The zero-order valence-electron chi connectivity index (χ0n) is 14.1. The second kappa shape index (κ2) is 8.95. The number of carbonyl (C=O) groups excluding carboxylic acids is 1. The van der Waals surface area contributed by atoms with E-state index in [1.165, 1.54) is 0 Å². The fraction of sp³-hybridized carbons (Fsp3) is 0.263. The Bertz CT molecular complexity index is 773. The third-order valence-corrected chi connectivity index (χ3v) is 3.73. The highest BCUT2D eigenvalue weighted by atomic mass is 35.5. The number of nitrogens with zero attached hydrogens (tertiary/aromatic N) is 2. The van der Waals surface area contributed by atoms with E-state index >= 15 is 0 Å². The Labute approximate surface area is 152 Å². The van der Waals surface area contributed by atoms with Crippen molar-refractivity contribution in [3.63, 3.8) is 0 Å². The molecule has 0 radical (unpaired) electrons. The van der Waals surface area contributed by atoms with Crippen LogP contribution in [0.3, 0.4) is 0 Å². The second-order valence-corrected chi connectivity index (χ2v) is 5.90. The molecule has 0 saturated heterocycles. The van der Waals surface area contributed by atoms with Crippen LogP contribution in [0.1, 0.15) is 12.5 Å². The van der Waals surface area contributed by atoms with Crippen LogP contribution in [0, 0.1) is 11.3 Å². The lowest BCUT2D eigenvalue weighted by atomic mass is 10.2. The van der Waals surface area contributed by atoms with E-state index in [0.29, 0.717) is 35.2 Å². The standard InChI is InChI=1S/C19H19ClN2O3/c1-14(25-18-8-3-5-15(11-18)13-21)19(23)22(2)9-10-24-17-7-4-6-16(20)12-17/h3-8,11-12,14H,9-10H2,1-2H3. The lowest BCUT2D eigenvalue weighted by Crippen LogP contribution is -2.39. The molecule has 6 heteroatoms. The van der Waals surface area contributed by atoms with Crippen molar-refractivity contribution in [1.82, 2.24) is 4.90 Å². The highest BCUT2D eigenvalue weighted by Crippen LogP contribution is 2.17. The Morgan fingerprint density at radius 1 is 1.24 bits per heavy atom. The second-order valence-electron chi connectivity index (χ2n) is 5.47. The van der Waals surface area contributed by atoms with Gasteiger partial charge in [-0.15, -0.1) is 0 Å². The number of carbonyl (C=O) groups is 1. The maximum Gasteiger partial charge on any atom is 0.263 e. The molecular formula is C19H19ClN2O3. The molecule has 25 heavy (non-hydrogen) atoms. The molecule has 0 heterocycles. The van der Waals surface area contributed by atoms with Gasteiger partial charge in [0.2, 0.25) is 0 Å². The van der Waals surface area contributed by atoms with E-state index in [-0.39, 0.29) is 5.91 Å². The Morgan fingerprint density at radius 3 is 2.68 bits per heavy atom. The number of hydrogen-bond donors (Lipinski definition) is 0. The van der Waals surface area contributed by atoms with Gasteiger partial charge in [0.05, 0.1) is 18.2 Å². The van der Waals surface area contributed by atoms with E-state index in [4.69, 9.17) is 26.3 Å². The van der Waals surface area contributed by atoms with Crippen LogP contribution in [0.5, 0.6) is 11.5 Å². The van der Waals surface area contributed by atoms with Gasteiger partial charge in [-0.05, 0) is 43.3 Å². The van der Waals surface area contributed by atoms with Crippen molar-refractivity contribution in [2.75, 3.05) is 20.2 Å². The van der Waals surface area contributed by atoms with Crippen molar-refractivity contribution in [3.05, 3.63) is 59.1 Å². The molecule has 0 fully saturated rings. The van der Waals surface area contributed by atoms with Gasteiger partial charge in [0, 0.05) is 12.1 Å². The number of hydrogen-bond acceptors (Lipinski definition) is 4. The number of rotatable bonds is 7. The normalized spacial score (nSPS) is 11.3. The summed E-state index contributed by atoms with van der Waals surface area (Å²) >= 11 is 5.90. The molecule has 1 amide bonds. The average Bonchev–Trinajstić information content (AvgIpc) is 2.61. The molecule has 2 aromatic rings. The van der Waals surface area contributed by atoms with Gasteiger partial charge in [0.1, 0.15) is 18.1 Å². The van der Waals surface area contributed by atoms with E-state index in [2.05, 4.69) is 0 Å². The van der Waals surface area contributed by atoms with E-state index in [1.54, 1.807) is 61.3 Å². The van der Waals surface area contributed by atoms with Crippen molar-refractivity contribution in [2.24, 2.45) is 0 Å². The molecule has 0 spiro atoms. The van der Waals surface area contributed by atoms with Crippen LogP contribution in [0.15, 0.2) is 48.5 Å². The molecule has 0 N–H and O–H groups in total. The molecule has 0 saturated carbocycles. The summed E-state index contributed by atoms with van der Waals surface area (Å²) in [6.45, 7) is 2.44. The van der Waals surface area contributed by atoms with Gasteiger partial charge in [0.25, 0.3) is 5.91 Å². The first-order chi connectivity index (χ1) is 12.0. The van der Waals surface area contributed by atoms with Gasteiger partial charge >= 0.3 is 0 Å². The van der Waals surface area contributed by atoms with E-state index in [1.807, 2.05) is 12.1 Å². The first kappa shape index (κ1) is 18.6. The molecule has 130 valence electrons. The van der Waals surface area contributed by atoms with Crippen LogP contribution < -0.4 is 9.47 Å². The molecule has 0 aromatic heterocycles. The van der Waals surface area contributed by atoms with Gasteiger partial charge in [0.15, 0.2) is 6.10 Å². The molecule has 0 aliphatic carbocycles. The molecule has 2 aromatic carbocycles. The number of benzene rings is 2. The highest BCUT2D eigenvalue weighted by molar-refractivity contribution is 6.30. The van der Waals surface area contributed by atoms with Crippen molar-refractivity contribution < 1.29 is 14.3 Å². The number of halogens is 1. The lowest BCUT2D eigenvalue weighted by Gasteiger charge is -2.22. The largest absolute Gasteiger partial charge is 0.492 e. The monoisotopic (exact) mass is 358 g/mol. The SMILES string of the molecule is CC(Oc1cccc(C#N)c1)C(=O)N(C)CCOc1cccc(Cl)c1. The van der Waals surface area contributed by atoms with Crippen LogP contribution in [0.4, 0.5) is 0 Å². The smallest absolute Gasteiger partial charge is 0.263 e. The third-order valence-electron chi connectivity index (χ3n) is 3.49. The van der Waals surface area contributed by atoms with Gasteiger partial charge < -0.3 is 14.4 Å². The van der Waals surface area contributed by atoms with Gasteiger partial charge in [-0.25, -0.2) is 0 Å². The van der Waals surface area contributed by atoms with Crippen LogP contribution in [0.25, 0.3) is 0 Å². The zero-order chi connectivity index (χ0) is 18.2. The number of amides is 1. The Balaban J connectivity index is 1.83. The molecule has 5 nitrogen and oxygen atoms in total. The maximum atomic E-state index is 12.4. The summed E-state index contributed by atoms with van der Waals surface area (Å²) in [6, 6.07) is 15.9. The van der Waals surface area contributed by atoms with Crippen molar-refractivity contribution in [3.8, 4) is 17.6 Å². The first-order valence-corrected chi connectivity index (χ1v) is 8.17. The van der Waals surface area contributed by atoms with Gasteiger partial charge in [-0.1, -0.05) is 23.7 Å². The average molecular weight is 359 g/mol. The molecule has 0 bridgehead atoms. The van der Waals surface area contributed by atoms with Crippen molar-refractivity contribution in [1.29, 1.82) is 5.26 Å². The summed E-state index contributed by atoms with van der Waals surface area (Å²) < 4.78 is 11.2. The van der Waals surface area contributed by atoms with Crippen LogP contribution >= 0.6 is 11.6 Å². The number of ether oxygens (including phenoxy) is 2. The quantitative estimate of drug-likeness (QED) is 0.759. The first-order valence-electron chi connectivity index (χ1n) is 7.80. The number of likely N-dealkylation sites (N-methyl/N-ethyl adjacent to an activating group) is 1. The van der Waals surface area contributed by atoms with E-state index in [0.717, 1.165) is 0 Å². The van der Waals surface area contributed by atoms with Gasteiger partial charge in [-0.2, -0.15) is 5.26 Å². The molecule has 0 aliphatic rings. The molecule has 0 aliphatic heterocycles. The van der Waals surface area contributed by atoms with Crippen LogP contribution in [0.2, 0.25) is 5.02 Å². The Morgan fingerprint density at radius 2 is 1.96 bits per heavy atom. The molecular weight excluding hydrogens is 340 g/mol. The molecule has 1 atom stereocenters. The molecule has 2 rings (SSSR count). The molecule has 1 unspecified atom stereocenters. The number of nitriles is 1. The van der Waals surface area contributed by atoms with Crippen LogP contribution in [-0.2, 0) is 4.79 Å². The minimum absolute atomic E-state index is 0.169. The predicted octanol–water partition coefficient (Wildman–Crippen LogP) is 3.52. The van der Waals surface area contributed by atoms with Crippen LogP contribution in [-0.4, -0.2) is 37.1 Å². The predicted molar refractivity (Wildman–Crippen MR) is 95.8 cm³/mol. The van der Waals surface area contributed by atoms with Crippen molar-refractivity contribution in [2.45, 2.75) is 13.0 Å². The maximum absolute atomic E-state index is 12.4. The minimum atomic E-state index is -0.662. The van der Waals surface area contributed by atoms with Gasteiger partial charge in [-0.3, -0.25) is 4.79 Å². The third kappa shape index (κ3) is 5.70. The topological polar surface area (TPSA) is 62.6 Å². The lowest BCUT2D eigenvalue weighted by molar-refractivity contribution is -0.136. The fourth-order valence-electron chi connectivity index (χ4n) is 2.17. The summed E-state index contributed by atoms with van der Waals surface area (Å²) in [5.41, 5.74) is 0.487. The minimum Gasteiger partial charge on any atom is -0.492 e. The summed E-state index contributed by atoms with van der Waals surface area (Å²) in [5, 5.41) is 9.50. The summed E-state index contributed by atoms with van der Waals surface area (Å²) in [7, 11) is 1.69. The van der Waals surface area contributed by atoms with Crippen molar-refractivity contribution >= 4 is 17.5 Å². The highest BCUT2D eigenvalue weighted by Gasteiger charge is 2.19. The summed E-state index contributed by atoms with van der Waals surface area (Å²) in [6.07, 6.45) is -0.662.